The Balaban J connectivity index is 1.43. The summed E-state index contributed by atoms with van der Waals surface area (Å²) in [7, 11) is -0.0330. The van der Waals surface area contributed by atoms with Gasteiger partial charge in [-0.25, -0.2) is 18.1 Å². The quantitative estimate of drug-likeness (QED) is 0.519. The molecule has 11 heteroatoms. The molecule has 2 aromatic carbocycles. The lowest BCUT2D eigenvalue weighted by Crippen LogP contribution is -2.39. The molecular weight excluding hydrogens is 485 g/mol. The number of halogens is 2. The van der Waals surface area contributed by atoms with Gasteiger partial charge in [0.1, 0.15) is 10.7 Å². The second-order valence-corrected chi connectivity index (χ2v) is 10.9. The average Bonchev–Trinajstić information content (AvgIpc) is 2.79. The third kappa shape index (κ3) is 5.11. The topological polar surface area (TPSA) is 98.7 Å². The number of piperidine rings is 1. The molecule has 0 radical (unpaired) electrons. The van der Waals surface area contributed by atoms with Gasteiger partial charge in [-0.3, -0.25) is 0 Å². The highest BCUT2D eigenvalue weighted by molar-refractivity contribution is 7.89. The summed E-state index contributed by atoms with van der Waals surface area (Å²) < 4.78 is 28.0. The Hall–Kier alpha value is -2.33. The van der Waals surface area contributed by atoms with Crippen molar-refractivity contribution in [1.29, 1.82) is 0 Å². The summed E-state index contributed by atoms with van der Waals surface area (Å²) in [5.41, 5.74) is 0.890. The number of phenols is 1. The van der Waals surface area contributed by atoms with Gasteiger partial charge in [-0.1, -0.05) is 35.3 Å². The molecule has 2 N–H and O–H groups in total. The Morgan fingerprint density at radius 3 is 2.55 bits per heavy atom. The number of fused-ring (bicyclic) bond motifs is 1. The average molecular weight is 510 g/mol. The summed E-state index contributed by atoms with van der Waals surface area (Å²) in [5, 5.41) is 11.1. The van der Waals surface area contributed by atoms with Gasteiger partial charge in [-0.05, 0) is 43.0 Å². The first-order valence-corrected chi connectivity index (χ1v) is 12.8. The third-order valence-electron chi connectivity index (χ3n) is 5.74. The first-order valence-electron chi connectivity index (χ1n) is 10.5. The standard InChI is InChI=1S/C22H25Cl2N5O3S/c1-28(2)21-16-5-3-4-6-18(16)26-22(27-21)29-9-7-14(8-10-29)13-25-33(31,32)19-12-15(23)11-17(24)20(19)30/h3-6,11-12,14,25,30H,7-10,13H2,1-2H3. The van der Waals surface area contributed by atoms with Gasteiger partial charge in [0, 0.05) is 44.1 Å². The van der Waals surface area contributed by atoms with Crippen molar-refractivity contribution >= 4 is 55.9 Å². The molecule has 3 aromatic rings. The van der Waals surface area contributed by atoms with E-state index in [1.165, 1.54) is 12.1 Å². The minimum absolute atomic E-state index is 0.108. The number of benzene rings is 2. The largest absolute Gasteiger partial charge is 0.505 e. The number of aromatic hydroxyl groups is 1. The number of rotatable bonds is 6. The van der Waals surface area contributed by atoms with Crippen LogP contribution in [0.3, 0.4) is 0 Å². The number of aromatic nitrogens is 2. The van der Waals surface area contributed by atoms with E-state index in [-0.39, 0.29) is 27.4 Å². The van der Waals surface area contributed by atoms with Gasteiger partial charge in [-0.2, -0.15) is 4.98 Å². The van der Waals surface area contributed by atoms with Crippen molar-refractivity contribution in [3.63, 3.8) is 0 Å². The van der Waals surface area contributed by atoms with Gasteiger partial charge in [0.15, 0.2) is 5.75 Å². The summed E-state index contributed by atoms with van der Waals surface area (Å²) in [5.74, 6) is 1.18. The van der Waals surface area contributed by atoms with E-state index in [9.17, 15) is 13.5 Å². The molecule has 33 heavy (non-hydrogen) atoms. The van der Waals surface area contributed by atoms with E-state index in [0.29, 0.717) is 19.0 Å². The lowest BCUT2D eigenvalue weighted by molar-refractivity contribution is 0.398. The van der Waals surface area contributed by atoms with Crippen LogP contribution in [0.15, 0.2) is 41.3 Å². The van der Waals surface area contributed by atoms with Gasteiger partial charge < -0.3 is 14.9 Å². The fraction of sp³-hybridized carbons (Fsp3) is 0.364. The molecule has 4 rings (SSSR count). The van der Waals surface area contributed by atoms with Crippen LogP contribution in [0.5, 0.6) is 5.75 Å². The zero-order valence-electron chi connectivity index (χ0n) is 18.3. The second kappa shape index (κ2) is 9.50. The van der Waals surface area contributed by atoms with Crippen LogP contribution in [0.25, 0.3) is 10.9 Å². The molecule has 0 saturated carbocycles. The normalized spacial score (nSPS) is 15.2. The number of nitrogens with zero attached hydrogens (tertiary/aromatic N) is 4. The van der Waals surface area contributed by atoms with Crippen LogP contribution in [0, 0.1) is 5.92 Å². The molecule has 1 aliphatic rings. The van der Waals surface area contributed by atoms with Crippen molar-refractivity contribution in [2.45, 2.75) is 17.7 Å². The Morgan fingerprint density at radius 1 is 1.15 bits per heavy atom. The van der Waals surface area contributed by atoms with Crippen LogP contribution in [-0.2, 0) is 10.0 Å². The maximum atomic E-state index is 12.7. The first-order chi connectivity index (χ1) is 15.7. The Labute approximate surface area is 203 Å². The van der Waals surface area contributed by atoms with Gasteiger partial charge >= 0.3 is 0 Å². The predicted octanol–water partition coefficient (Wildman–Crippen LogP) is 3.90. The molecule has 0 amide bonds. The number of anilines is 2. The Morgan fingerprint density at radius 2 is 1.85 bits per heavy atom. The lowest BCUT2D eigenvalue weighted by atomic mass is 9.97. The van der Waals surface area contributed by atoms with Gasteiger partial charge in [-0.15, -0.1) is 0 Å². The van der Waals surface area contributed by atoms with Gasteiger partial charge in [0.25, 0.3) is 0 Å². The number of sulfonamides is 1. The number of hydrogen-bond acceptors (Lipinski definition) is 7. The molecular formula is C22H25Cl2N5O3S. The van der Waals surface area contributed by atoms with E-state index >= 15 is 0 Å². The zero-order chi connectivity index (χ0) is 23.8. The molecule has 8 nitrogen and oxygen atoms in total. The number of nitrogens with one attached hydrogen (secondary N) is 1. The monoisotopic (exact) mass is 509 g/mol. The highest BCUT2D eigenvalue weighted by Gasteiger charge is 2.26. The molecule has 1 saturated heterocycles. The highest BCUT2D eigenvalue weighted by atomic mass is 35.5. The van der Waals surface area contributed by atoms with Crippen molar-refractivity contribution in [3.05, 3.63) is 46.4 Å². The molecule has 2 heterocycles. The summed E-state index contributed by atoms with van der Waals surface area (Å²) in [6.45, 7) is 1.68. The molecule has 176 valence electrons. The first kappa shape index (κ1) is 23.8. The second-order valence-electron chi connectivity index (χ2n) is 8.28. The van der Waals surface area contributed by atoms with Crippen LogP contribution in [0.1, 0.15) is 12.8 Å². The summed E-state index contributed by atoms with van der Waals surface area (Å²) in [4.78, 5) is 13.3. The van der Waals surface area contributed by atoms with E-state index in [0.717, 1.165) is 29.6 Å². The van der Waals surface area contributed by atoms with Gasteiger partial charge in [0.05, 0.1) is 10.5 Å². The SMILES string of the molecule is CN(C)c1nc(N2CCC(CNS(=O)(=O)c3cc(Cl)cc(Cl)c3O)CC2)nc2ccccc12. The Kier molecular flexibility index (Phi) is 6.86. The fourth-order valence-electron chi connectivity index (χ4n) is 3.92. The van der Waals surface area contributed by atoms with E-state index in [4.69, 9.17) is 33.2 Å². The summed E-state index contributed by atoms with van der Waals surface area (Å²) >= 11 is 11.8. The van der Waals surface area contributed by atoms with E-state index in [2.05, 4.69) is 9.62 Å². The van der Waals surface area contributed by atoms with E-state index in [1.54, 1.807) is 0 Å². The van der Waals surface area contributed by atoms with E-state index in [1.807, 2.05) is 43.3 Å². The zero-order valence-corrected chi connectivity index (χ0v) is 20.6. The molecule has 0 spiro atoms. The highest BCUT2D eigenvalue weighted by Crippen LogP contribution is 2.34. The van der Waals surface area contributed by atoms with Crippen molar-refractivity contribution in [2.75, 3.05) is 43.5 Å². The molecule has 1 fully saturated rings. The number of phenolic OH excluding ortho intramolecular Hbond substituents is 1. The van der Waals surface area contributed by atoms with E-state index < -0.39 is 15.8 Å². The number of hydrogen-bond donors (Lipinski definition) is 2. The third-order valence-corrected chi connectivity index (χ3v) is 7.68. The molecule has 1 aromatic heterocycles. The maximum Gasteiger partial charge on any atom is 0.244 e. The number of para-hydroxylation sites is 1. The van der Waals surface area contributed by atoms with Crippen molar-refractivity contribution < 1.29 is 13.5 Å². The predicted molar refractivity (Wildman–Crippen MR) is 132 cm³/mol. The summed E-state index contributed by atoms with van der Waals surface area (Å²) in [6, 6.07) is 10.4. The fourth-order valence-corrected chi connectivity index (χ4v) is 5.79. The molecule has 1 aliphatic heterocycles. The lowest BCUT2D eigenvalue weighted by Gasteiger charge is -2.32. The van der Waals surface area contributed by atoms with Crippen LogP contribution < -0.4 is 14.5 Å². The van der Waals surface area contributed by atoms with Crippen molar-refractivity contribution in [1.82, 2.24) is 14.7 Å². The molecule has 0 aliphatic carbocycles. The van der Waals surface area contributed by atoms with Crippen LogP contribution in [0.4, 0.5) is 11.8 Å². The molecule has 0 atom stereocenters. The van der Waals surface area contributed by atoms with Crippen molar-refractivity contribution in [3.8, 4) is 5.75 Å². The summed E-state index contributed by atoms with van der Waals surface area (Å²) in [6.07, 6.45) is 1.55. The minimum atomic E-state index is -3.95. The molecule has 0 bridgehead atoms. The van der Waals surface area contributed by atoms with Crippen molar-refractivity contribution in [2.24, 2.45) is 5.92 Å². The van der Waals surface area contributed by atoms with Crippen LogP contribution >= 0.6 is 23.2 Å². The molecule has 0 unspecified atom stereocenters. The Bertz CT molecular complexity index is 1280. The minimum Gasteiger partial charge on any atom is -0.505 e. The van der Waals surface area contributed by atoms with Crippen LogP contribution in [0.2, 0.25) is 10.0 Å². The smallest absolute Gasteiger partial charge is 0.244 e. The van der Waals surface area contributed by atoms with Crippen LogP contribution in [-0.4, -0.2) is 57.2 Å². The van der Waals surface area contributed by atoms with Gasteiger partial charge in [0.2, 0.25) is 16.0 Å². The maximum absolute atomic E-state index is 12.7.